The molecule has 4 rings (SSSR count). The summed E-state index contributed by atoms with van der Waals surface area (Å²) >= 11 is 0. The van der Waals surface area contributed by atoms with Gasteiger partial charge in [0.05, 0.1) is 17.4 Å². The maximum absolute atomic E-state index is 4.99. The Hall–Kier alpha value is -1.58. The van der Waals surface area contributed by atoms with Crippen LogP contribution in [0.3, 0.4) is 0 Å². The SMILES string of the molecule is CC(C)n1ccc(-c2cc(C3CC3)nn2C2CCCCC2)n1. The Balaban J connectivity index is 1.71. The van der Waals surface area contributed by atoms with Gasteiger partial charge >= 0.3 is 0 Å². The van der Waals surface area contributed by atoms with Crippen LogP contribution in [0.5, 0.6) is 0 Å². The van der Waals surface area contributed by atoms with Crippen molar-refractivity contribution in [3.63, 3.8) is 0 Å². The first-order valence-corrected chi connectivity index (χ1v) is 8.87. The van der Waals surface area contributed by atoms with E-state index >= 15 is 0 Å². The number of aromatic nitrogens is 4. The first kappa shape index (κ1) is 14.0. The molecule has 0 unspecified atom stereocenters. The standard InChI is InChI=1S/C18H26N4/c1-13(2)21-11-10-16(19-21)18-12-17(14-8-9-14)20-22(18)15-6-4-3-5-7-15/h10-15H,3-9H2,1-2H3. The molecule has 2 saturated carbocycles. The van der Waals surface area contributed by atoms with Crippen molar-refractivity contribution in [3.05, 3.63) is 24.0 Å². The number of hydrogen-bond donors (Lipinski definition) is 0. The van der Waals surface area contributed by atoms with Gasteiger partial charge in [0.1, 0.15) is 5.69 Å². The lowest BCUT2D eigenvalue weighted by Crippen LogP contribution is -2.15. The average Bonchev–Trinajstić information content (AvgIpc) is 3.11. The Morgan fingerprint density at radius 3 is 2.45 bits per heavy atom. The largest absolute Gasteiger partial charge is 0.270 e. The number of rotatable bonds is 4. The van der Waals surface area contributed by atoms with Crippen molar-refractivity contribution >= 4 is 0 Å². The van der Waals surface area contributed by atoms with E-state index in [2.05, 4.69) is 36.9 Å². The van der Waals surface area contributed by atoms with Crippen molar-refractivity contribution in [2.75, 3.05) is 0 Å². The van der Waals surface area contributed by atoms with Gasteiger partial charge in [0.15, 0.2) is 0 Å². The molecule has 0 atom stereocenters. The van der Waals surface area contributed by atoms with Crippen LogP contribution in [0.1, 0.15) is 82.5 Å². The van der Waals surface area contributed by atoms with E-state index in [9.17, 15) is 0 Å². The average molecular weight is 298 g/mol. The van der Waals surface area contributed by atoms with Gasteiger partial charge in [-0.05, 0) is 51.7 Å². The summed E-state index contributed by atoms with van der Waals surface area (Å²) in [6.07, 6.45) is 11.3. The second kappa shape index (κ2) is 5.56. The van der Waals surface area contributed by atoms with E-state index in [-0.39, 0.29) is 0 Å². The zero-order chi connectivity index (χ0) is 15.1. The van der Waals surface area contributed by atoms with Crippen molar-refractivity contribution in [3.8, 4) is 11.4 Å². The van der Waals surface area contributed by atoms with E-state index in [0.717, 1.165) is 5.69 Å². The summed E-state index contributed by atoms with van der Waals surface area (Å²) in [5.74, 6) is 0.704. The molecule has 0 bridgehead atoms. The summed E-state index contributed by atoms with van der Waals surface area (Å²) in [4.78, 5) is 0. The fourth-order valence-corrected chi connectivity index (χ4v) is 3.55. The molecule has 2 fully saturated rings. The maximum atomic E-state index is 4.99. The lowest BCUT2D eigenvalue weighted by molar-refractivity contribution is 0.330. The topological polar surface area (TPSA) is 35.6 Å². The molecule has 2 aliphatic rings. The summed E-state index contributed by atoms with van der Waals surface area (Å²) < 4.78 is 4.35. The van der Waals surface area contributed by atoms with Gasteiger partial charge in [-0.3, -0.25) is 9.36 Å². The quantitative estimate of drug-likeness (QED) is 0.819. The Labute approximate surface area is 132 Å². The van der Waals surface area contributed by atoms with E-state index in [1.165, 1.54) is 56.3 Å². The first-order chi connectivity index (χ1) is 10.7. The molecule has 0 radical (unpaired) electrons. The highest BCUT2D eigenvalue weighted by atomic mass is 15.3. The third-order valence-electron chi connectivity index (χ3n) is 5.07. The summed E-state index contributed by atoms with van der Waals surface area (Å²) in [7, 11) is 0. The third-order valence-corrected chi connectivity index (χ3v) is 5.07. The Morgan fingerprint density at radius 1 is 1.05 bits per heavy atom. The molecule has 2 aromatic rings. The Kier molecular flexibility index (Phi) is 3.55. The van der Waals surface area contributed by atoms with Crippen LogP contribution in [0.2, 0.25) is 0 Å². The molecule has 0 amide bonds. The molecule has 0 aromatic carbocycles. The highest BCUT2D eigenvalue weighted by molar-refractivity contribution is 5.55. The van der Waals surface area contributed by atoms with E-state index in [4.69, 9.17) is 10.2 Å². The molecule has 2 aliphatic carbocycles. The highest BCUT2D eigenvalue weighted by Gasteiger charge is 2.30. The molecule has 118 valence electrons. The van der Waals surface area contributed by atoms with Crippen LogP contribution in [0.4, 0.5) is 0 Å². The van der Waals surface area contributed by atoms with Gasteiger partial charge in [-0.1, -0.05) is 19.3 Å². The summed E-state index contributed by atoms with van der Waals surface area (Å²) in [5, 5.41) is 9.78. The fraction of sp³-hybridized carbons (Fsp3) is 0.667. The minimum Gasteiger partial charge on any atom is -0.270 e. The van der Waals surface area contributed by atoms with Crippen LogP contribution < -0.4 is 0 Å². The van der Waals surface area contributed by atoms with E-state index in [1.807, 2.05) is 4.68 Å². The van der Waals surface area contributed by atoms with Crippen molar-refractivity contribution in [2.45, 2.75) is 76.8 Å². The number of hydrogen-bond acceptors (Lipinski definition) is 2. The van der Waals surface area contributed by atoms with Crippen LogP contribution >= 0.6 is 0 Å². The van der Waals surface area contributed by atoms with Crippen LogP contribution in [-0.4, -0.2) is 19.6 Å². The van der Waals surface area contributed by atoms with E-state index in [1.54, 1.807) is 0 Å². The van der Waals surface area contributed by atoms with Gasteiger partial charge in [-0.15, -0.1) is 0 Å². The van der Waals surface area contributed by atoms with Crippen molar-refractivity contribution in [1.29, 1.82) is 0 Å². The Morgan fingerprint density at radius 2 is 1.82 bits per heavy atom. The molecule has 22 heavy (non-hydrogen) atoms. The first-order valence-electron chi connectivity index (χ1n) is 8.87. The molecule has 4 nitrogen and oxygen atoms in total. The normalized spacial score (nSPS) is 20.0. The monoisotopic (exact) mass is 298 g/mol. The highest BCUT2D eigenvalue weighted by Crippen LogP contribution is 2.42. The minimum absolute atomic E-state index is 0.405. The molecule has 0 aliphatic heterocycles. The lowest BCUT2D eigenvalue weighted by atomic mass is 9.95. The smallest absolute Gasteiger partial charge is 0.110 e. The zero-order valence-corrected chi connectivity index (χ0v) is 13.7. The van der Waals surface area contributed by atoms with Gasteiger partial charge < -0.3 is 0 Å². The van der Waals surface area contributed by atoms with Crippen molar-refractivity contribution in [2.24, 2.45) is 0 Å². The van der Waals surface area contributed by atoms with Crippen LogP contribution in [-0.2, 0) is 0 Å². The predicted molar refractivity (Wildman–Crippen MR) is 87.9 cm³/mol. The van der Waals surface area contributed by atoms with E-state index < -0.39 is 0 Å². The maximum Gasteiger partial charge on any atom is 0.110 e. The molecule has 2 aromatic heterocycles. The molecule has 4 heteroatoms. The Bertz CT molecular complexity index is 642. The van der Waals surface area contributed by atoms with Gasteiger partial charge in [0.25, 0.3) is 0 Å². The summed E-state index contributed by atoms with van der Waals surface area (Å²) in [6, 6.07) is 5.43. The zero-order valence-electron chi connectivity index (χ0n) is 13.7. The van der Waals surface area contributed by atoms with E-state index in [0.29, 0.717) is 18.0 Å². The molecule has 0 saturated heterocycles. The van der Waals surface area contributed by atoms with Gasteiger partial charge in [-0.25, -0.2) is 0 Å². The fourth-order valence-electron chi connectivity index (χ4n) is 3.55. The van der Waals surface area contributed by atoms with Gasteiger partial charge in [0, 0.05) is 18.2 Å². The van der Waals surface area contributed by atoms with Crippen molar-refractivity contribution in [1.82, 2.24) is 19.6 Å². The predicted octanol–water partition coefficient (Wildman–Crippen LogP) is 4.71. The van der Waals surface area contributed by atoms with Gasteiger partial charge in [0.2, 0.25) is 0 Å². The van der Waals surface area contributed by atoms with Crippen LogP contribution in [0, 0.1) is 0 Å². The molecule has 0 spiro atoms. The second-order valence-electron chi connectivity index (χ2n) is 7.24. The van der Waals surface area contributed by atoms with Crippen molar-refractivity contribution < 1.29 is 0 Å². The number of nitrogens with zero attached hydrogens (tertiary/aromatic N) is 4. The lowest BCUT2D eigenvalue weighted by Gasteiger charge is -2.23. The minimum atomic E-state index is 0.405. The molecule has 2 heterocycles. The summed E-state index contributed by atoms with van der Waals surface area (Å²) in [5.41, 5.74) is 3.60. The third kappa shape index (κ3) is 2.59. The van der Waals surface area contributed by atoms with Crippen LogP contribution in [0.25, 0.3) is 11.4 Å². The molecule has 0 N–H and O–H groups in total. The van der Waals surface area contributed by atoms with Gasteiger partial charge in [-0.2, -0.15) is 10.2 Å². The van der Waals surface area contributed by atoms with Crippen LogP contribution in [0.15, 0.2) is 18.3 Å². The molecular weight excluding hydrogens is 272 g/mol. The summed E-state index contributed by atoms with van der Waals surface area (Å²) in [6.45, 7) is 4.34. The second-order valence-corrected chi connectivity index (χ2v) is 7.24. The molecular formula is C18H26N4.